The first-order valence-electron chi connectivity index (χ1n) is 12.6. The van der Waals surface area contributed by atoms with Crippen LogP contribution in [-0.4, -0.2) is 43.3 Å². The maximum atomic E-state index is 13.9. The molecule has 198 valence electrons. The van der Waals surface area contributed by atoms with E-state index < -0.39 is 23.1 Å². The van der Waals surface area contributed by atoms with Crippen molar-refractivity contribution in [3.63, 3.8) is 0 Å². The van der Waals surface area contributed by atoms with Gasteiger partial charge in [0.05, 0.1) is 5.52 Å². The van der Waals surface area contributed by atoms with E-state index in [0.717, 1.165) is 23.3 Å². The lowest BCUT2D eigenvalue weighted by molar-refractivity contribution is -0.150. The number of likely N-dealkylation sites (tertiary alicyclic amines) is 1. The molecular formula is C29H25F2N5O3. The number of fused-ring (bicyclic) bond motifs is 2. The lowest BCUT2D eigenvalue weighted by Gasteiger charge is -2.35. The summed E-state index contributed by atoms with van der Waals surface area (Å²) in [4.78, 5) is 38.6. The highest BCUT2D eigenvalue weighted by atomic mass is 19.2. The van der Waals surface area contributed by atoms with Crippen LogP contribution in [0.3, 0.4) is 0 Å². The molecule has 3 aromatic carbocycles. The number of carboxylic acids is 1. The molecule has 0 radical (unpaired) electrons. The van der Waals surface area contributed by atoms with Crippen molar-refractivity contribution in [1.82, 2.24) is 19.8 Å². The predicted molar refractivity (Wildman–Crippen MR) is 139 cm³/mol. The van der Waals surface area contributed by atoms with Gasteiger partial charge in [0.25, 0.3) is 5.91 Å². The third kappa shape index (κ3) is 4.17. The summed E-state index contributed by atoms with van der Waals surface area (Å²) in [5.74, 6) is -3.39. The van der Waals surface area contributed by atoms with Crippen molar-refractivity contribution in [2.24, 2.45) is 0 Å². The zero-order chi connectivity index (χ0) is 27.3. The Bertz CT molecular complexity index is 1620. The summed E-state index contributed by atoms with van der Waals surface area (Å²) < 4.78 is 27.4. The van der Waals surface area contributed by atoms with E-state index in [1.165, 1.54) is 6.07 Å². The van der Waals surface area contributed by atoms with Gasteiger partial charge in [-0.1, -0.05) is 36.4 Å². The van der Waals surface area contributed by atoms with Crippen LogP contribution in [0.5, 0.6) is 0 Å². The number of nitrogens with two attached hydrogens (primary N) is 1. The van der Waals surface area contributed by atoms with Gasteiger partial charge >= 0.3 is 5.97 Å². The van der Waals surface area contributed by atoms with Gasteiger partial charge in [-0.15, -0.1) is 0 Å². The number of nitrogens with zero attached hydrogens (tertiary/aromatic N) is 4. The van der Waals surface area contributed by atoms with Crippen LogP contribution in [0, 0.1) is 11.6 Å². The summed E-state index contributed by atoms with van der Waals surface area (Å²) in [7, 11) is 0. The highest BCUT2D eigenvalue weighted by molar-refractivity contribution is 6.05. The second-order valence-corrected chi connectivity index (χ2v) is 10.0. The molecule has 1 aromatic heterocycles. The van der Waals surface area contributed by atoms with E-state index in [2.05, 4.69) is 9.97 Å². The number of anilines is 1. The molecule has 2 aliphatic heterocycles. The van der Waals surface area contributed by atoms with Crippen molar-refractivity contribution in [3.05, 3.63) is 100 Å². The average molecular weight is 530 g/mol. The minimum Gasteiger partial charge on any atom is -0.480 e. The number of aromatic nitrogens is 2. The maximum Gasteiger partial charge on any atom is 0.328 e. The number of hydrogen-bond acceptors (Lipinski definition) is 6. The molecule has 3 N–H and O–H groups in total. The Morgan fingerprint density at radius 3 is 2.41 bits per heavy atom. The number of halogens is 2. The zero-order valence-corrected chi connectivity index (χ0v) is 20.9. The van der Waals surface area contributed by atoms with Crippen LogP contribution in [0.15, 0.2) is 60.7 Å². The first-order valence-corrected chi connectivity index (χ1v) is 12.6. The van der Waals surface area contributed by atoms with Gasteiger partial charge < -0.3 is 15.7 Å². The van der Waals surface area contributed by atoms with Gasteiger partial charge in [0, 0.05) is 31.6 Å². The van der Waals surface area contributed by atoms with Crippen LogP contribution < -0.4 is 5.73 Å². The molecule has 0 spiro atoms. The number of nitrogen functional groups attached to an aromatic ring is 1. The molecule has 8 nitrogen and oxygen atoms in total. The largest absolute Gasteiger partial charge is 0.480 e. The Balaban J connectivity index is 1.41. The summed E-state index contributed by atoms with van der Waals surface area (Å²) in [5.41, 5.74) is 8.08. The molecular weight excluding hydrogens is 504 g/mol. The van der Waals surface area contributed by atoms with Gasteiger partial charge in [0.2, 0.25) is 5.95 Å². The van der Waals surface area contributed by atoms with Crippen LogP contribution in [-0.2, 0) is 30.0 Å². The molecule has 2 aliphatic rings. The highest BCUT2D eigenvalue weighted by Gasteiger charge is 2.49. The molecule has 1 atom stereocenters. The van der Waals surface area contributed by atoms with Crippen LogP contribution in [0.1, 0.15) is 45.6 Å². The van der Waals surface area contributed by atoms with Crippen LogP contribution in [0.4, 0.5) is 14.7 Å². The van der Waals surface area contributed by atoms with Crippen molar-refractivity contribution in [2.75, 3.05) is 12.3 Å². The van der Waals surface area contributed by atoms with E-state index in [4.69, 9.17) is 5.73 Å². The number of hydrogen-bond donors (Lipinski definition) is 2. The van der Waals surface area contributed by atoms with Crippen molar-refractivity contribution < 1.29 is 23.5 Å². The Morgan fingerprint density at radius 2 is 1.72 bits per heavy atom. The molecule has 1 amide bonds. The zero-order valence-electron chi connectivity index (χ0n) is 20.9. The third-order valence-electron chi connectivity index (χ3n) is 7.74. The summed E-state index contributed by atoms with van der Waals surface area (Å²) in [5, 5.41) is 10.9. The monoisotopic (exact) mass is 529 g/mol. The molecule has 0 aliphatic carbocycles. The van der Waals surface area contributed by atoms with Gasteiger partial charge in [-0.25, -0.2) is 23.5 Å². The van der Waals surface area contributed by atoms with E-state index >= 15 is 0 Å². The van der Waals surface area contributed by atoms with Crippen molar-refractivity contribution in [3.8, 4) is 0 Å². The lowest BCUT2D eigenvalue weighted by Crippen LogP contribution is -2.47. The number of amides is 1. The van der Waals surface area contributed by atoms with Crippen molar-refractivity contribution in [2.45, 2.75) is 38.0 Å². The summed E-state index contributed by atoms with van der Waals surface area (Å²) in [6.45, 7) is 1.42. The molecule has 6 rings (SSSR count). The van der Waals surface area contributed by atoms with Gasteiger partial charge in [0.15, 0.2) is 11.6 Å². The van der Waals surface area contributed by atoms with E-state index in [0.29, 0.717) is 54.5 Å². The molecule has 0 bridgehead atoms. The Morgan fingerprint density at radius 1 is 0.974 bits per heavy atom. The Hall–Kier alpha value is -4.44. The van der Waals surface area contributed by atoms with Crippen LogP contribution in [0.25, 0.3) is 10.9 Å². The molecule has 10 heteroatoms. The standard InChI is InChI=1S/C29H25F2N5O3/c30-22-8-6-17(12-23(22)31)14-36-11-3-10-29(36,27(38)39)20-7-9-24-21(13-20)25(34-28(32)33-24)26(37)35-15-18-4-1-2-5-19(18)16-35/h1-2,4-9,12-13H,3,10-11,14-16H2,(H,38,39)(H2,32,33,34). The third-order valence-corrected chi connectivity index (χ3v) is 7.74. The Labute approximate surface area is 222 Å². The number of benzene rings is 3. The normalized spacial score (nSPS) is 19.0. The quantitative estimate of drug-likeness (QED) is 0.398. The molecule has 3 heterocycles. The van der Waals surface area contributed by atoms with E-state index in [1.807, 2.05) is 24.3 Å². The van der Waals surface area contributed by atoms with Crippen molar-refractivity contribution >= 4 is 28.7 Å². The van der Waals surface area contributed by atoms with Crippen LogP contribution in [0.2, 0.25) is 0 Å². The van der Waals surface area contributed by atoms with Crippen molar-refractivity contribution in [1.29, 1.82) is 0 Å². The van der Waals surface area contributed by atoms with Gasteiger partial charge in [-0.05, 0) is 59.4 Å². The number of carboxylic acid groups (broad SMARTS) is 1. The molecule has 39 heavy (non-hydrogen) atoms. The highest BCUT2D eigenvalue weighted by Crippen LogP contribution is 2.41. The first-order chi connectivity index (χ1) is 18.8. The number of rotatable bonds is 5. The minimum absolute atomic E-state index is 0.0518. The van der Waals surface area contributed by atoms with Gasteiger partial charge in [0.1, 0.15) is 11.2 Å². The van der Waals surface area contributed by atoms with E-state index in [9.17, 15) is 23.5 Å². The molecule has 1 saturated heterocycles. The SMILES string of the molecule is Nc1nc(C(=O)N2Cc3ccccc3C2)c2cc(C3(C(=O)O)CCCN3Cc3ccc(F)c(F)c3)ccc2n1. The van der Waals surface area contributed by atoms with Gasteiger partial charge in [-0.3, -0.25) is 9.69 Å². The summed E-state index contributed by atoms with van der Waals surface area (Å²) in [6, 6.07) is 16.4. The number of carbonyl (C=O) groups excluding carboxylic acids is 1. The number of aliphatic carboxylic acids is 1. The topological polar surface area (TPSA) is 113 Å². The molecule has 0 saturated carbocycles. The molecule has 4 aromatic rings. The second-order valence-electron chi connectivity index (χ2n) is 10.0. The second kappa shape index (κ2) is 9.39. The fourth-order valence-corrected chi connectivity index (χ4v) is 5.83. The maximum absolute atomic E-state index is 13.9. The van der Waals surface area contributed by atoms with Crippen LogP contribution >= 0.6 is 0 Å². The fraction of sp³-hybridized carbons (Fsp3) is 0.241. The summed E-state index contributed by atoms with van der Waals surface area (Å²) >= 11 is 0. The number of carbonyl (C=O) groups is 2. The average Bonchev–Trinajstić information content (AvgIpc) is 3.55. The van der Waals surface area contributed by atoms with E-state index in [1.54, 1.807) is 28.0 Å². The first kappa shape index (κ1) is 24.9. The predicted octanol–water partition coefficient (Wildman–Crippen LogP) is 4.22. The lowest BCUT2D eigenvalue weighted by atomic mass is 9.86. The summed E-state index contributed by atoms with van der Waals surface area (Å²) in [6.07, 6.45) is 0.891. The smallest absolute Gasteiger partial charge is 0.328 e. The Kier molecular flexibility index (Phi) is 5.99. The minimum atomic E-state index is -1.44. The molecule has 1 fully saturated rings. The van der Waals surface area contributed by atoms with Gasteiger partial charge in [-0.2, -0.15) is 0 Å². The van der Waals surface area contributed by atoms with E-state index in [-0.39, 0.29) is 24.1 Å². The fourth-order valence-electron chi connectivity index (χ4n) is 5.83. The molecule has 1 unspecified atom stereocenters.